The highest BCUT2D eigenvalue weighted by Crippen LogP contribution is 2.42. The van der Waals surface area contributed by atoms with E-state index < -0.39 is 0 Å². The van der Waals surface area contributed by atoms with Gasteiger partial charge in [0.25, 0.3) is 0 Å². The first kappa shape index (κ1) is 13.4. The third-order valence-electron chi connectivity index (χ3n) is 5.03. The molecule has 1 heterocycles. The number of hydrogen-bond acceptors (Lipinski definition) is 2. The molecule has 1 aliphatic carbocycles. The molecule has 0 aromatic rings. The van der Waals surface area contributed by atoms with Crippen LogP contribution in [0, 0.1) is 23.7 Å². The Labute approximate surface area is 106 Å². The molecule has 2 rings (SSSR count). The molecule has 17 heavy (non-hydrogen) atoms. The molecule has 2 nitrogen and oxygen atoms in total. The molecule has 2 fully saturated rings. The fraction of sp³-hybridized carbons (Fsp3) is 1.00. The molecule has 0 aromatic carbocycles. The van der Waals surface area contributed by atoms with Gasteiger partial charge in [0.15, 0.2) is 0 Å². The van der Waals surface area contributed by atoms with Gasteiger partial charge in [0.2, 0.25) is 0 Å². The molecule has 1 saturated heterocycles. The van der Waals surface area contributed by atoms with Crippen LogP contribution < -0.4 is 5.73 Å². The van der Waals surface area contributed by atoms with E-state index in [1.807, 2.05) is 0 Å². The maximum absolute atomic E-state index is 5.99. The normalized spacial score (nSPS) is 36.0. The van der Waals surface area contributed by atoms with Crippen molar-refractivity contribution in [2.24, 2.45) is 29.4 Å². The Morgan fingerprint density at radius 3 is 2.53 bits per heavy atom. The summed E-state index contributed by atoms with van der Waals surface area (Å²) in [7, 11) is 0. The third kappa shape index (κ3) is 3.45. The first-order valence-electron chi connectivity index (χ1n) is 7.63. The Balaban J connectivity index is 1.93. The van der Waals surface area contributed by atoms with Crippen LogP contribution in [0.15, 0.2) is 0 Å². The molecule has 0 amide bonds. The van der Waals surface area contributed by atoms with Crippen LogP contribution in [0.3, 0.4) is 0 Å². The lowest BCUT2D eigenvalue weighted by Gasteiger charge is -2.41. The molecule has 1 saturated carbocycles. The van der Waals surface area contributed by atoms with E-state index in [1.165, 1.54) is 44.9 Å². The Morgan fingerprint density at radius 1 is 1.12 bits per heavy atom. The van der Waals surface area contributed by atoms with Crippen LogP contribution in [0.1, 0.15) is 51.9 Å². The van der Waals surface area contributed by atoms with Crippen LogP contribution in [-0.4, -0.2) is 19.8 Å². The smallest absolute Gasteiger partial charge is 0.0468 e. The molecule has 100 valence electrons. The number of ether oxygens (including phenoxy) is 1. The summed E-state index contributed by atoms with van der Waals surface area (Å²) in [4.78, 5) is 0. The summed E-state index contributed by atoms with van der Waals surface area (Å²) in [6.45, 7) is 5.19. The van der Waals surface area contributed by atoms with E-state index >= 15 is 0 Å². The van der Waals surface area contributed by atoms with Gasteiger partial charge in [0, 0.05) is 13.2 Å². The van der Waals surface area contributed by atoms with E-state index in [1.54, 1.807) is 0 Å². The molecule has 0 bridgehead atoms. The molecular formula is C15H29NO. The number of hydrogen-bond donors (Lipinski definition) is 1. The maximum atomic E-state index is 5.99. The van der Waals surface area contributed by atoms with E-state index in [4.69, 9.17) is 10.5 Å². The summed E-state index contributed by atoms with van der Waals surface area (Å²) in [5.74, 6) is 3.58. The first-order valence-corrected chi connectivity index (χ1v) is 7.63. The van der Waals surface area contributed by atoms with Gasteiger partial charge in [-0.05, 0) is 55.9 Å². The van der Waals surface area contributed by atoms with E-state index in [2.05, 4.69) is 6.92 Å². The minimum Gasteiger partial charge on any atom is -0.381 e. The van der Waals surface area contributed by atoms with Crippen molar-refractivity contribution in [3.05, 3.63) is 0 Å². The topological polar surface area (TPSA) is 35.2 Å². The van der Waals surface area contributed by atoms with Crippen LogP contribution in [0.25, 0.3) is 0 Å². The fourth-order valence-electron chi connectivity index (χ4n) is 4.04. The van der Waals surface area contributed by atoms with Crippen LogP contribution >= 0.6 is 0 Å². The molecule has 1 aliphatic heterocycles. The quantitative estimate of drug-likeness (QED) is 0.817. The minimum absolute atomic E-state index is 0.797. The van der Waals surface area contributed by atoms with E-state index in [-0.39, 0.29) is 0 Å². The van der Waals surface area contributed by atoms with Crippen molar-refractivity contribution in [1.82, 2.24) is 0 Å². The van der Waals surface area contributed by atoms with Crippen molar-refractivity contribution >= 4 is 0 Å². The Hall–Kier alpha value is -0.0800. The summed E-state index contributed by atoms with van der Waals surface area (Å²) >= 11 is 0. The van der Waals surface area contributed by atoms with Gasteiger partial charge in [-0.25, -0.2) is 0 Å². The monoisotopic (exact) mass is 239 g/mol. The third-order valence-corrected chi connectivity index (χ3v) is 5.03. The zero-order valence-electron chi connectivity index (χ0n) is 11.4. The van der Waals surface area contributed by atoms with Gasteiger partial charge in [0.05, 0.1) is 0 Å². The van der Waals surface area contributed by atoms with Crippen LogP contribution in [-0.2, 0) is 4.74 Å². The van der Waals surface area contributed by atoms with Crippen LogP contribution in [0.2, 0.25) is 0 Å². The standard InChI is InChI=1S/C15H29NO/c1-2-3-12-4-5-14(11-16)15(10-12)13-6-8-17-9-7-13/h12-15H,2-11,16H2,1H3. The van der Waals surface area contributed by atoms with Crippen molar-refractivity contribution in [3.63, 3.8) is 0 Å². The van der Waals surface area contributed by atoms with Gasteiger partial charge in [0.1, 0.15) is 0 Å². The van der Waals surface area contributed by atoms with E-state index in [0.29, 0.717) is 0 Å². The summed E-state index contributed by atoms with van der Waals surface area (Å²) in [6.07, 6.45) is 9.58. The second-order valence-electron chi connectivity index (χ2n) is 6.08. The Bertz CT molecular complexity index is 213. The maximum Gasteiger partial charge on any atom is 0.0468 e. The number of nitrogens with two attached hydrogens (primary N) is 1. The molecule has 2 heteroatoms. The Morgan fingerprint density at radius 2 is 1.88 bits per heavy atom. The summed E-state index contributed by atoms with van der Waals surface area (Å²) in [5, 5.41) is 0. The lowest BCUT2D eigenvalue weighted by atomic mass is 9.66. The first-order chi connectivity index (χ1) is 8.35. The van der Waals surface area contributed by atoms with Crippen molar-refractivity contribution in [2.45, 2.75) is 51.9 Å². The molecule has 0 radical (unpaired) electrons. The zero-order valence-corrected chi connectivity index (χ0v) is 11.4. The second-order valence-corrected chi connectivity index (χ2v) is 6.08. The second kappa shape index (κ2) is 6.75. The van der Waals surface area contributed by atoms with Crippen molar-refractivity contribution < 1.29 is 4.74 Å². The average Bonchev–Trinajstić information content (AvgIpc) is 2.40. The zero-order chi connectivity index (χ0) is 12.1. The van der Waals surface area contributed by atoms with Crippen molar-refractivity contribution in [2.75, 3.05) is 19.8 Å². The highest BCUT2D eigenvalue weighted by atomic mass is 16.5. The molecule has 3 atom stereocenters. The van der Waals surface area contributed by atoms with Gasteiger partial charge in [-0.1, -0.05) is 26.2 Å². The molecule has 2 N–H and O–H groups in total. The highest BCUT2D eigenvalue weighted by molar-refractivity contribution is 4.85. The van der Waals surface area contributed by atoms with Crippen molar-refractivity contribution in [3.8, 4) is 0 Å². The lowest BCUT2D eigenvalue weighted by Crippen LogP contribution is -2.37. The summed E-state index contributed by atoms with van der Waals surface area (Å²) < 4.78 is 5.50. The predicted octanol–water partition coefficient (Wildman–Crippen LogP) is 3.20. The summed E-state index contributed by atoms with van der Waals surface area (Å²) in [5.41, 5.74) is 5.99. The molecular weight excluding hydrogens is 210 g/mol. The fourth-order valence-corrected chi connectivity index (χ4v) is 4.04. The van der Waals surface area contributed by atoms with Crippen molar-refractivity contribution in [1.29, 1.82) is 0 Å². The Kier molecular flexibility index (Phi) is 5.30. The largest absolute Gasteiger partial charge is 0.381 e. The van der Waals surface area contributed by atoms with E-state index in [9.17, 15) is 0 Å². The van der Waals surface area contributed by atoms with Crippen LogP contribution in [0.5, 0.6) is 0 Å². The van der Waals surface area contributed by atoms with Gasteiger partial charge < -0.3 is 10.5 Å². The highest BCUT2D eigenvalue weighted by Gasteiger charge is 2.35. The molecule has 0 spiro atoms. The SMILES string of the molecule is CCCC1CCC(CN)C(C2CCOCC2)C1. The number of rotatable bonds is 4. The van der Waals surface area contributed by atoms with Gasteiger partial charge >= 0.3 is 0 Å². The predicted molar refractivity (Wildman–Crippen MR) is 71.8 cm³/mol. The molecule has 0 aromatic heterocycles. The van der Waals surface area contributed by atoms with Gasteiger partial charge in [-0.15, -0.1) is 0 Å². The van der Waals surface area contributed by atoms with Gasteiger partial charge in [-0.3, -0.25) is 0 Å². The lowest BCUT2D eigenvalue weighted by molar-refractivity contribution is 0.0150. The minimum atomic E-state index is 0.797. The van der Waals surface area contributed by atoms with Crippen LogP contribution in [0.4, 0.5) is 0 Å². The van der Waals surface area contributed by atoms with Gasteiger partial charge in [-0.2, -0.15) is 0 Å². The summed E-state index contributed by atoms with van der Waals surface area (Å²) in [6, 6.07) is 0. The molecule has 2 aliphatic rings. The van der Waals surface area contributed by atoms with E-state index in [0.717, 1.165) is 43.4 Å². The molecule has 3 unspecified atom stereocenters. The average molecular weight is 239 g/mol.